The molecule has 0 heterocycles. The van der Waals surface area contributed by atoms with Crippen molar-refractivity contribution in [3.63, 3.8) is 0 Å². The first-order valence-corrected chi connectivity index (χ1v) is 4.80. The SMILES string of the molecule is COc1cc(C=CCC=O)c(Cl)cc1N. The highest BCUT2D eigenvalue weighted by Crippen LogP contribution is 2.29. The zero-order valence-electron chi connectivity index (χ0n) is 8.37. The molecule has 0 aliphatic rings. The van der Waals surface area contributed by atoms with E-state index in [1.807, 2.05) is 0 Å². The number of halogens is 1. The van der Waals surface area contributed by atoms with Crippen LogP contribution in [-0.4, -0.2) is 13.4 Å². The van der Waals surface area contributed by atoms with Crippen LogP contribution in [0.2, 0.25) is 5.02 Å². The summed E-state index contributed by atoms with van der Waals surface area (Å²) in [5.74, 6) is 0.574. The molecule has 0 bridgehead atoms. The Morgan fingerprint density at radius 2 is 2.27 bits per heavy atom. The average Bonchev–Trinajstić information content (AvgIpc) is 2.21. The van der Waals surface area contributed by atoms with Gasteiger partial charge in [-0.2, -0.15) is 0 Å². The van der Waals surface area contributed by atoms with Gasteiger partial charge in [-0.25, -0.2) is 0 Å². The Kier molecular flexibility index (Phi) is 4.18. The number of allylic oxidation sites excluding steroid dienone is 1. The molecule has 0 amide bonds. The summed E-state index contributed by atoms with van der Waals surface area (Å²) in [6, 6.07) is 3.36. The van der Waals surface area contributed by atoms with Gasteiger partial charge in [0.25, 0.3) is 0 Å². The molecular weight excluding hydrogens is 214 g/mol. The fourth-order valence-corrected chi connectivity index (χ4v) is 1.37. The normalized spacial score (nSPS) is 10.5. The lowest BCUT2D eigenvalue weighted by Crippen LogP contribution is -1.93. The van der Waals surface area contributed by atoms with Crippen molar-refractivity contribution in [1.82, 2.24) is 0 Å². The zero-order valence-corrected chi connectivity index (χ0v) is 9.12. The van der Waals surface area contributed by atoms with E-state index >= 15 is 0 Å². The third kappa shape index (κ3) is 2.99. The molecule has 0 fully saturated rings. The number of rotatable bonds is 4. The third-order valence-corrected chi connectivity index (χ3v) is 2.21. The van der Waals surface area contributed by atoms with Crippen LogP contribution in [0.3, 0.4) is 0 Å². The lowest BCUT2D eigenvalue weighted by atomic mass is 10.1. The van der Waals surface area contributed by atoms with E-state index in [2.05, 4.69) is 0 Å². The minimum Gasteiger partial charge on any atom is -0.495 e. The lowest BCUT2D eigenvalue weighted by Gasteiger charge is -2.06. The summed E-state index contributed by atoms with van der Waals surface area (Å²) >= 11 is 5.96. The minimum atomic E-state index is 0.364. The van der Waals surface area contributed by atoms with E-state index in [-0.39, 0.29) is 0 Å². The van der Waals surface area contributed by atoms with Crippen molar-refractivity contribution < 1.29 is 9.53 Å². The smallest absolute Gasteiger partial charge is 0.142 e. The summed E-state index contributed by atoms with van der Waals surface area (Å²) < 4.78 is 5.06. The number of carbonyl (C=O) groups excluding carboxylic acids is 1. The fourth-order valence-electron chi connectivity index (χ4n) is 1.14. The summed E-state index contributed by atoms with van der Waals surface area (Å²) in [6.07, 6.45) is 4.67. The predicted molar refractivity (Wildman–Crippen MR) is 62.1 cm³/mol. The fraction of sp³-hybridized carbons (Fsp3) is 0.182. The molecule has 1 rings (SSSR count). The molecule has 0 saturated heterocycles. The largest absolute Gasteiger partial charge is 0.495 e. The standard InChI is InChI=1S/C11H12ClNO2/c1-15-11-6-8(4-2-3-5-14)9(12)7-10(11)13/h2,4-7H,3,13H2,1H3. The van der Waals surface area contributed by atoms with Gasteiger partial charge in [-0.1, -0.05) is 23.8 Å². The monoisotopic (exact) mass is 225 g/mol. The molecule has 15 heavy (non-hydrogen) atoms. The number of nitrogen functional groups attached to an aromatic ring is 1. The van der Waals surface area contributed by atoms with Crippen LogP contribution in [0.15, 0.2) is 18.2 Å². The van der Waals surface area contributed by atoms with Gasteiger partial charge in [0.2, 0.25) is 0 Å². The maximum atomic E-state index is 10.1. The van der Waals surface area contributed by atoms with E-state index in [0.717, 1.165) is 11.8 Å². The second-order valence-electron chi connectivity index (χ2n) is 2.92. The Morgan fingerprint density at radius 1 is 1.53 bits per heavy atom. The first kappa shape index (κ1) is 11.6. The van der Waals surface area contributed by atoms with Gasteiger partial charge in [-0.3, -0.25) is 0 Å². The van der Waals surface area contributed by atoms with Crippen LogP contribution in [0.25, 0.3) is 6.08 Å². The second-order valence-corrected chi connectivity index (χ2v) is 3.33. The molecule has 3 nitrogen and oxygen atoms in total. The van der Waals surface area contributed by atoms with E-state index in [0.29, 0.717) is 22.9 Å². The van der Waals surface area contributed by atoms with Crippen molar-refractivity contribution in [3.05, 3.63) is 28.8 Å². The number of nitrogens with two attached hydrogens (primary N) is 1. The van der Waals surface area contributed by atoms with Gasteiger partial charge in [0, 0.05) is 6.42 Å². The van der Waals surface area contributed by atoms with E-state index in [1.165, 1.54) is 0 Å². The summed E-state index contributed by atoms with van der Waals surface area (Å²) in [6.45, 7) is 0. The number of methoxy groups -OCH3 is 1. The number of carbonyl (C=O) groups is 1. The molecule has 0 aliphatic carbocycles. The van der Waals surface area contributed by atoms with Gasteiger partial charge in [0.1, 0.15) is 12.0 Å². The summed E-state index contributed by atoms with van der Waals surface area (Å²) in [5.41, 5.74) is 6.94. The molecule has 0 unspecified atom stereocenters. The Morgan fingerprint density at radius 3 is 2.87 bits per heavy atom. The van der Waals surface area contributed by atoms with Crippen LogP contribution >= 0.6 is 11.6 Å². The maximum absolute atomic E-state index is 10.1. The van der Waals surface area contributed by atoms with Crippen molar-refractivity contribution in [2.24, 2.45) is 0 Å². The highest BCUT2D eigenvalue weighted by Gasteiger charge is 2.04. The lowest BCUT2D eigenvalue weighted by molar-refractivity contribution is -0.107. The molecule has 0 aliphatic heterocycles. The molecule has 0 atom stereocenters. The van der Waals surface area contributed by atoms with Crippen molar-refractivity contribution >= 4 is 29.7 Å². The molecule has 0 spiro atoms. The van der Waals surface area contributed by atoms with Gasteiger partial charge in [0.15, 0.2) is 0 Å². The van der Waals surface area contributed by atoms with Crippen LogP contribution in [0.4, 0.5) is 5.69 Å². The van der Waals surface area contributed by atoms with Crippen molar-refractivity contribution in [2.75, 3.05) is 12.8 Å². The number of benzene rings is 1. The van der Waals surface area contributed by atoms with Gasteiger partial charge in [-0.15, -0.1) is 0 Å². The van der Waals surface area contributed by atoms with Gasteiger partial charge < -0.3 is 15.3 Å². The Bertz CT molecular complexity index is 388. The topological polar surface area (TPSA) is 52.3 Å². The van der Waals surface area contributed by atoms with Crippen molar-refractivity contribution in [3.8, 4) is 5.75 Å². The summed E-state index contributed by atoms with van der Waals surface area (Å²) in [4.78, 5) is 10.1. The number of hydrogen-bond donors (Lipinski definition) is 1. The Labute approximate surface area is 93.5 Å². The molecular formula is C11H12ClNO2. The Hall–Kier alpha value is -1.48. The predicted octanol–water partition coefficient (Wildman–Crippen LogP) is 2.53. The van der Waals surface area contributed by atoms with E-state index in [4.69, 9.17) is 22.1 Å². The van der Waals surface area contributed by atoms with Crippen LogP contribution in [0.5, 0.6) is 5.75 Å². The molecule has 0 aromatic heterocycles. The van der Waals surface area contributed by atoms with Crippen LogP contribution in [0, 0.1) is 0 Å². The van der Waals surface area contributed by atoms with Crippen LogP contribution in [0.1, 0.15) is 12.0 Å². The van der Waals surface area contributed by atoms with Crippen LogP contribution in [-0.2, 0) is 4.79 Å². The van der Waals surface area contributed by atoms with E-state index in [9.17, 15) is 4.79 Å². The van der Waals surface area contributed by atoms with Crippen LogP contribution < -0.4 is 10.5 Å². The van der Waals surface area contributed by atoms with Crippen molar-refractivity contribution in [2.45, 2.75) is 6.42 Å². The molecule has 80 valence electrons. The maximum Gasteiger partial charge on any atom is 0.142 e. The van der Waals surface area contributed by atoms with E-state index in [1.54, 1.807) is 31.4 Å². The van der Waals surface area contributed by atoms with Gasteiger partial charge in [0.05, 0.1) is 17.8 Å². The van der Waals surface area contributed by atoms with E-state index < -0.39 is 0 Å². The first-order valence-electron chi connectivity index (χ1n) is 4.42. The number of ether oxygens (including phenoxy) is 1. The molecule has 0 saturated carbocycles. The molecule has 0 radical (unpaired) electrons. The molecule has 1 aromatic rings. The summed E-state index contributed by atoms with van der Waals surface area (Å²) in [5, 5.41) is 0.537. The first-order chi connectivity index (χ1) is 7.19. The number of hydrogen-bond acceptors (Lipinski definition) is 3. The minimum absolute atomic E-state index is 0.364. The summed E-state index contributed by atoms with van der Waals surface area (Å²) in [7, 11) is 1.54. The van der Waals surface area contributed by atoms with Gasteiger partial charge >= 0.3 is 0 Å². The molecule has 4 heteroatoms. The highest BCUT2D eigenvalue weighted by atomic mass is 35.5. The quantitative estimate of drug-likeness (QED) is 0.633. The average molecular weight is 226 g/mol. The highest BCUT2D eigenvalue weighted by molar-refractivity contribution is 6.32. The molecule has 2 N–H and O–H groups in total. The Balaban J connectivity index is 3.01. The molecule has 1 aromatic carbocycles. The van der Waals surface area contributed by atoms with Gasteiger partial charge in [-0.05, 0) is 17.7 Å². The third-order valence-electron chi connectivity index (χ3n) is 1.88. The second kappa shape index (κ2) is 5.41. The zero-order chi connectivity index (χ0) is 11.3. The number of anilines is 1. The van der Waals surface area contributed by atoms with Crippen molar-refractivity contribution in [1.29, 1.82) is 0 Å². The number of aldehydes is 1.